The first-order chi connectivity index (χ1) is 12.0. The standard InChI is InChI=1S/C18H17ClFN3OS/c1-8-5-11-16(23(8)15-9-3-4-10(15)6-9)12-7-21-17(19)13(20)14(12)22-18(11)25(2)24/h5,7,9-10,15H,3-4,6H2,1-2H3. The molecule has 0 amide bonds. The molecule has 3 atom stereocenters. The van der Waals surface area contributed by atoms with Crippen molar-refractivity contribution in [3.63, 3.8) is 0 Å². The molecule has 25 heavy (non-hydrogen) atoms. The van der Waals surface area contributed by atoms with Crippen molar-refractivity contribution >= 4 is 44.2 Å². The minimum atomic E-state index is -1.32. The van der Waals surface area contributed by atoms with E-state index in [1.165, 1.54) is 19.3 Å². The SMILES string of the molecule is Cc1cc2c(S(C)=O)nc3c(F)c(Cl)ncc3c2n1C1C2CCC1C2. The maximum absolute atomic E-state index is 14.6. The topological polar surface area (TPSA) is 47.8 Å². The average Bonchev–Trinajstić information content (AvgIpc) is 3.26. The summed E-state index contributed by atoms with van der Waals surface area (Å²) in [6, 6.07) is 2.47. The van der Waals surface area contributed by atoms with Gasteiger partial charge in [0.05, 0.1) is 16.3 Å². The van der Waals surface area contributed by atoms with Gasteiger partial charge in [-0.3, -0.25) is 4.21 Å². The lowest BCUT2D eigenvalue weighted by molar-refractivity contribution is 0.167. The van der Waals surface area contributed by atoms with Crippen molar-refractivity contribution in [2.75, 3.05) is 6.26 Å². The molecule has 3 aromatic heterocycles. The normalized spacial score (nSPS) is 26.3. The van der Waals surface area contributed by atoms with Gasteiger partial charge in [0.2, 0.25) is 0 Å². The zero-order valence-corrected chi connectivity index (χ0v) is 15.5. The van der Waals surface area contributed by atoms with Crippen LogP contribution in [0.1, 0.15) is 31.0 Å². The molecule has 4 nitrogen and oxygen atoms in total. The molecule has 2 bridgehead atoms. The lowest BCUT2D eigenvalue weighted by atomic mass is 9.78. The molecule has 3 aromatic rings. The second-order valence-corrected chi connectivity index (χ2v) is 8.89. The molecule has 3 heterocycles. The Balaban J connectivity index is 1.94. The highest BCUT2D eigenvalue weighted by Gasteiger charge is 2.48. The van der Waals surface area contributed by atoms with Gasteiger partial charge in [0.1, 0.15) is 10.5 Å². The molecule has 3 aliphatic carbocycles. The van der Waals surface area contributed by atoms with Gasteiger partial charge >= 0.3 is 0 Å². The van der Waals surface area contributed by atoms with Crippen LogP contribution < -0.4 is 0 Å². The number of hydrogen-bond donors (Lipinski definition) is 0. The molecule has 0 saturated heterocycles. The van der Waals surface area contributed by atoms with Gasteiger partial charge in [-0.2, -0.15) is 0 Å². The molecule has 3 fully saturated rings. The third kappa shape index (κ3) is 2.01. The number of hydrogen-bond acceptors (Lipinski definition) is 3. The second-order valence-electron chi connectivity index (χ2n) is 7.24. The van der Waals surface area contributed by atoms with Crippen molar-refractivity contribution in [1.29, 1.82) is 0 Å². The van der Waals surface area contributed by atoms with Crippen LogP contribution in [0, 0.1) is 24.6 Å². The van der Waals surface area contributed by atoms with E-state index in [0.717, 1.165) is 16.6 Å². The van der Waals surface area contributed by atoms with E-state index in [0.29, 0.717) is 28.3 Å². The van der Waals surface area contributed by atoms with Crippen LogP contribution in [0.4, 0.5) is 4.39 Å². The summed E-state index contributed by atoms with van der Waals surface area (Å²) >= 11 is 5.86. The summed E-state index contributed by atoms with van der Waals surface area (Å²) in [4.78, 5) is 8.36. The van der Waals surface area contributed by atoms with Crippen molar-refractivity contribution in [2.45, 2.75) is 37.3 Å². The smallest absolute Gasteiger partial charge is 0.186 e. The van der Waals surface area contributed by atoms with E-state index in [-0.39, 0.29) is 10.7 Å². The first-order valence-corrected chi connectivity index (χ1v) is 10.4. The number of fused-ring (bicyclic) bond motifs is 4. The van der Waals surface area contributed by atoms with Crippen molar-refractivity contribution in [1.82, 2.24) is 14.5 Å². The first-order valence-electron chi connectivity index (χ1n) is 8.46. The van der Waals surface area contributed by atoms with Crippen LogP contribution in [0.2, 0.25) is 5.15 Å². The van der Waals surface area contributed by atoms with E-state index in [4.69, 9.17) is 11.6 Å². The number of aromatic nitrogens is 3. The molecule has 3 saturated carbocycles. The van der Waals surface area contributed by atoms with Crippen LogP contribution in [-0.2, 0) is 10.8 Å². The minimum absolute atomic E-state index is 0.156. The summed E-state index contributed by atoms with van der Waals surface area (Å²) in [5, 5.41) is 1.69. The summed E-state index contributed by atoms with van der Waals surface area (Å²) in [7, 11) is -1.32. The number of aryl methyl sites for hydroxylation is 1. The van der Waals surface area contributed by atoms with E-state index in [1.54, 1.807) is 12.5 Å². The Morgan fingerprint density at radius 2 is 2.04 bits per heavy atom. The third-order valence-corrected chi connectivity index (χ3v) is 7.05. The number of pyridine rings is 2. The third-order valence-electron chi connectivity index (χ3n) is 5.93. The summed E-state index contributed by atoms with van der Waals surface area (Å²) in [5.41, 5.74) is 2.16. The van der Waals surface area contributed by atoms with Gasteiger partial charge in [0, 0.05) is 35.0 Å². The fraction of sp³-hybridized carbons (Fsp3) is 0.444. The van der Waals surface area contributed by atoms with Crippen LogP contribution in [-0.4, -0.2) is 25.0 Å². The number of nitrogens with zero attached hydrogens (tertiary/aromatic N) is 3. The van der Waals surface area contributed by atoms with E-state index in [1.807, 2.05) is 6.07 Å². The first kappa shape index (κ1) is 15.7. The van der Waals surface area contributed by atoms with Gasteiger partial charge < -0.3 is 4.57 Å². The largest absolute Gasteiger partial charge is 0.341 e. The van der Waals surface area contributed by atoms with E-state index in [9.17, 15) is 8.60 Å². The lowest BCUT2D eigenvalue weighted by Crippen LogP contribution is -2.31. The predicted octanol–water partition coefficient (Wildman–Crippen LogP) is 4.39. The molecule has 6 rings (SSSR count). The Hall–Kier alpha value is -1.53. The fourth-order valence-electron chi connectivity index (χ4n) is 4.88. The predicted molar refractivity (Wildman–Crippen MR) is 96.9 cm³/mol. The maximum atomic E-state index is 14.6. The van der Waals surface area contributed by atoms with Gasteiger partial charge in [-0.25, -0.2) is 14.4 Å². The van der Waals surface area contributed by atoms with Gasteiger partial charge in [0.25, 0.3) is 0 Å². The number of halogens is 2. The van der Waals surface area contributed by atoms with Gasteiger partial charge in [-0.15, -0.1) is 0 Å². The van der Waals surface area contributed by atoms with Gasteiger partial charge in [-0.05, 0) is 44.1 Å². The highest BCUT2D eigenvalue weighted by Crippen LogP contribution is 2.57. The molecule has 7 heteroatoms. The Labute approximate surface area is 151 Å². The molecule has 0 spiro atoms. The van der Waals surface area contributed by atoms with Crippen LogP contribution in [0.25, 0.3) is 21.8 Å². The maximum Gasteiger partial charge on any atom is 0.186 e. The van der Waals surface area contributed by atoms with Crippen LogP contribution in [0.5, 0.6) is 0 Å². The second kappa shape index (κ2) is 5.24. The van der Waals surface area contributed by atoms with Gasteiger partial charge in [0.15, 0.2) is 11.0 Å². The van der Waals surface area contributed by atoms with Crippen molar-refractivity contribution in [3.05, 3.63) is 28.9 Å². The summed E-state index contributed by atoms with van der Waals surface area (Å²) < 4.78 is 29.2. The van der Waals surface area contributed by atoms with E-state index >= 15 is 0 Å². The molecular formula is C18H17ClFN3OS. The molecule has 0 N–H and O–H groups in total. The molecule has 0 aromatic carbocycles. The van der Waals surface area contributed by atoms with Crippen LogP contribution in [0.3, 0.4) is 0 Å². The van der Waals surface area contributed by atoms with Crippen LogP contribution >= 0.6 is 11.6 Å². The molecule has 130 valence electrons. The molecular weight excluding hydrogens is 361 g/mol. The summed E-state index contributed by atoms with van der Waals surface area (Å²) in [6.45, 7) is 2.06. The van der Waals surface area contributed by atoms with Crippen LogP contribution in [0.15, 0.2) is 17.3 Å². The number of rotatable bonds is 2. The van der Waals surface area contributed by atoms with E-state index < -0.39 is 16.6 Å². The highest BCUT2D eigenvalue weighted by molar-refractivity contribution is 7.84. The Morgan fingerprint density at radius 1 is 1.32 bits per heavy atom. The van der Waals surface area contributed by atoms with Crippen molar-refractivity contribution < 1.29 is 8.60 Å². The Kier molecular flexibility index (Phi) is 3.29. The fourth-order valence-corrected chi connectivity index (χ4v) is 5.70. The monoisotopic (exact) mass is 377 g/mol. The Morgan fingerprint density at radius 3 is 2.68 bits per heavy atom. The Bertz CT molecular complexity index is 1070. The highest BCUT2D eigenvalue weighted by atomic mass is 35.5. The summed E-state index contributed by atoms with van der Waals surface area (Å²) in [6.07, 6.45) is 6.95. The van der Waals surface area contributed by atoms with Gasteiger partial charge in [-0.1, -0.05) is 11.6 Å². The lowest BCUT2D eigenvalue weighted by Gasteiger charge is -2.38. The molecule has 0 aliphatic heterocycles. The van der Waals surface area contributed by atoms with E-state index in [2.05, 4.69) is 21.5 Å². The zero-order chi connectivity index (χ0) is 17.5. The molecule has 3 aliphatic rings. The molecule has 3 unspecified atom stereocenters. The molecule has 0 radical (unpaired) electrons. The summed E-state index contributed by atoms with van der Waals surface area (Å²) in [5.74, 6) is 0.723. The minimum Gasteiger partial charge on any atom is -0.341 e. The quantitative estimate of drug-likeness (QED) is 0.622. The zero-order valence-electron chi connectivity index (χ0n) is 13.9. The average molecular weight is 378 g/mol. The van der Waals surface area contributed by atoms with Crippen molar-refractivity contribution in [2.24, 2.45) is 11.8 Å². The van der Waals surface area contributed by atoms with Crippen molar-refractivity contribution in [3.8, 4) is 0 Å².